The molecule has 0 unspecified atom stereocenters. The van der Waals surface area contributed by atoms with Crippen LogP contribution in [0.1, 0.15) is 23.6 Å². The second-order valence-corrected chi connectivity index (χ2v) is 9.23. The number of ether oxygens (including phenoxy) is 3. The maximum Gasteiger partial charge on any atom is 0.120 e. The lowest BCUT2D eigenvalue weighted by molar-refractivity contribution is 0.414. The maximum absolute atomic E-state index is 5.56. The van der Waals surface area contributed by atoms with Crippen LogP contribution in [0.15, 0.2) is 102 Å². The van der Waals surface area contributed by atoms with Crippen molar-refractivity contribution < 1.29 is 14.2 Å². The standard InChI is InChI=1S/C32H29N3O3/c1-36-24-15-11-21(12-16-24)29-20-30(35(34-29)23-7-6-8-26(19-23)38-3)31-27-9-4-5-10-28(27)33-32(31)22-13-17-25(37-2)18-14-22/h4-19,30,33H,20H2,1-3H3/t30-/m0/s1. The van der Waals surface area contributed by atoms with E-state index >= 15 is 0 Å². The molecule has 0 fully saturated rings. The lowest BCUT2D eigenvalue weighted by Gasteiger charge is -2.25. The van der Waals surface area contributed by atoms with Gasteiger partial charge in [0.1, 0.15) is 17.2 Å². The average Bonchev–Trinajstić information content (AvgIpc) is 3.59. The fourth-order valence-corrected chi connectivity index (χ4v) is 5.18. The van der Waals surface area contributed by atoms with Gasteiger partial charge in [-0.3, -0.25) is 5.01 Å². The minimum Gasteiger partial charge on any atom is -0.497 e. The largest absolute Gasteiger partial charge is 0.497 e. The molecule has 4 aromatic carbocycles. The van der Waals surface area contributed by atoms with Gasteiger partial charge in [-0.1, -0.05) is 24.3 Å². The summed E-state index contributed by atoms with van der Waals surface area (Å²) in [4.78, 5) is 3.70. The van der Waals surface area contributed by atoms with Crippen LogP contribution in [-0.2, 0) is 0 Å². The van der Waals surface area contributed by atoms with Crippen molar-refractivity contribution in [3.8, 4) is 28.5 Å². The summed E-state index contributed by atoms with van der Waals surface area (Å²) in [6, 6.07) is 32.8. The first-order chi connectivity index (χ1) is 18.7. The number of rotatable bonds is 7. The molecule has 1 aliphatic rings. The molecule has 6 heteroatoms. The van der Waals surface area contributed by atoms with Gasteiger partial charge in [0.2, 0.25) is 0 Å². The summed E-state index contributed by atoms with van der Waals surface area (Å²) in [6.45, 7) is 0. The SMILES string of the molecule is COc1ccc(C2=NN(c3cccc(OC)c3)[C@H](c3c(-c4ccc(OC)cc4)[nH]c4ccccc34)C2)cc1. The van der Waals surface area contributed by atoms with E-state index in [9.17, 15) is 0 Å². The number of methoxy groups -OCH3 is 3. The molecular weight excluding hydrogens is 474 g/mol. The lowest BCUT2D eigenvalue weighted by Crippen LogP contribution is -2.19. The molecule has 38 heavy (non-hydrogen) atoms. The molecule has 6 nitrogen and oxygen atoms in total. The lowest BCUT2D eigenvalue weighted by atomic mass is 9.93. The molecule has 0 amide bonds. The molecule has 0 bridgehead atoms. The number of hydrogen-bond donors (Lipinski definition) is 1. The van der Waals surface area contributed by atoms with Crippen LogP contribution in [0.25, 0.3) is 22.2 Å². The normalized spacial score (nSPS) is 15.0. The van der Waals surface area contributed by atoms with Crippen LogP contribution in [0.4, 0.5) is 5.69 Å². The Labute approximate surface area is 222 Å². The third-order valence-electron chi connectivity index (χ3n) is 7.11. The number of nitrogens with zero attached hydrogens (tertiary/aromatic N) is 2. The smallest absolute Gasteiger partial charge is 0.120 e. The van der Waals surface area contributed by atoms with Crippen molar-refractivity contribution >= 4 is 22.3 Å². The van der Waals surface area contributed by atoms with Gasteiger partial charge in [-0.25, -0.2) is 0 Å². The second kappa shape index (κ2) is 9.98. The Morgan fingerprint density at radius 1 is 0.711 bits per heavy atom. The number of aromatic nitrogens is 1. The third-order valence-corrected chi connectivity index (χ3v) is 7.11. The summed E-state index contributed by atoms with van der Waals surface area (Å²) < 4.78 is 16.3. The molecule has 1 atom stereocenters. The Hall–Kier alpha value is -4.71. The number of para-hydroxylation sites is 1. The van der Waals surface area contributed by atoms with Crippen LogP contribution < -0.4 is 19.2 Å². The van der Waals surface area contributed by atoms with Crippen LogP contribution in [0.3, 0.4) is 0 Å². The molecule has 6 rings (SSSR count). The number of aromatic amines is 1. The first kappa shape index (κ1) is 23.7. The minimum atomic E-state index is -0.0348. The highest BCUT2D eigenvalue weighted by Gasteiger charge is 2.34. The van der Waals surface area contributed by atoms with E-state index in [1.165, 1.54) is 10.9 Å². The number of benzene rings is 4. The van der Waals surface area contributed by atoms with Gasteiger partial charge in [0.25, 0.3) is 0 Å². The topological polar surface area (TPSA) is 59.1 Å². The van der Waals surface area contributed by atoms with Crippen LogP contribution in [-0.4, -0.2) is 32.0 Å². The second-order valence-electron chi connectivity index (χ2n) is 9.23. The molecule has 190 valence electrons. The Balaban J connectivity index is 1.52. The highest BCUT2D eigenvalue weighted by atomic mass is 16.5. The molecule has 0 aliphatic carbocycles. The van der Waals surface area contributed by atoms with Crippen LogP contribution >= 0.6 is 0 Å². The highest BCUT2D eigenvalue weighted by Crippen LogP contribution is 2.44. The summed E-state index contributed by atoms with van der Waals surface area (Å²) in [5.41, 5.74) is 7.55. The molecule has 0 saturated carbocycles. The van der Waals surface area contributed by atoms with E-state index in [0.717, 1.165) is 57.4 Å². The predicted molar refractivity (Wildman–Crippen MR) is 153 cm³/mol. The Morgan fingerprint density at radius 2 is 1.37 bits per heavy atom. The zero-order chi connectivity index (χ0) is 26.1. The van der Waals surface area contributed by atoms with Gasteiger partial charge in [0, 0.05) is 29.0 Å². The van der Waals surface area contributed by atoms with Crippen LogP contribution in [0.5, 0.6) is 17.2 Å². The van der Waals surface area contributed by atoms with Crippen molar-refractivity contribution in [1.29, 1.82) is 0 Å². The quantitative estimate of drug-likeness (QED) is 0.255. The van der Waals surface area contributed by atoms with Crippen molar-refractivity contribution in [1.82, 2.24) is 4.98 Å². The van der Waals surface area contributed by atoms with Gasteiger partial charge in [-0.2, -0.15) is 5.10 Å². The summed E-state index contributed by atoms with van der Waals surface area (Å²) in [5.74, 6) is 2.45. The van der Waals surface area contributed by atoms with E-state index in [1.807, 2.05) is 42.5 Å². The Bertz CT molecular complexity index is 1600. The first-order valence-corrected chi connectivity index (χ1v) is 12.6. The van der Waals surface area contributed by atoms with E-state index in [4.69, 9.17) is 19.3 Å². The van der Waals surface area contributed by atoms with Crippen LogP contribution in [0, 0.1) is 0 Å². The van der Waals surface area contributed by atoms with Crippen molar-refractivity contribution in [2.75, 3.05) is 26.3 Å². The molecule has 1 aliphatic heterocycles. The van der Waals surface area contributed by atoms with Crippen molar-refractivity contribution in [2.45, 2.75) is 12.5 Å². The van der Waals surface area contributed by atoms with E-state index in [2.05, 4.69) is 64.6 Å². The summed E-state index contributed by atoms with van der Waals surface area (Å²) in [5, 5.41) is 8.50. The summed E-state index contributed by atoms with van der Waals surface area (Å²) in [7, 11) is 5.06. The van der Waals surface area contributed by atoms with Gasteiger partial charge in [-0.15, -0.1) is 0 Å². The molecule has 5 aromatic rings. The van der Waals surface area contributed by atoms with Gasteiger partial charge < -0.3 is 19.2 Å². The number of anilines is 1. The first-order valence-electron chi connectivity index (χ1n) is 12.6. The number of nitrogens with one attached hydrogen (secondary N) is 1. The highest BCUT2D eigenvalue weighted by molar-refractivity contribution is 6.04. The van der Waals surface area contributed by atoms with Gasteiger partial charge >= 0.3 is 0 Å². The molecule has 2 heterocycles. The summed E-state index contributed by atoms with van der Waals surface area (Å²) >= 11 is 0. The fraction of sp³-hybridized carbons (Fsp3) is 0.156. The van der Waals surface area contributed by atoms with E-state index in [-0.39, 0.29) is 6.04 Å². The Morgan fingerprint density at radius 3 is 2.05 bits per heavy atom. The third kappa shape index (κ3) is 4.24. The van der Waals surface area contributed by atoms with Gasteiger partial charge in [0.05, 0.1) is 44.5 Å². The number of fused-ring (bicyclic) bond motifs is 1. The van der Waals surface area contributed by atoms with Crippen molar-refractivity contribution in [2.24, 2.45) is 5.10 Å². The summed E-state index contributed by atoms with van der Waals surface area (Å²) in [6.07, 6.45) is 0.745. The van der Waals surface area contributed by atoms with Crippen molar-refractivity contribution in [3.05, 3.63) is 108 Å². The van der Waals surface area contributed by atoms with Gasteiger partial charge in [0.15, 0.2) is 0 Å². The maximum atomic E-state index is 5.56. The van der Waals surface area contributed by atoms with Crippen molar-refractivity contribution in [3.63, 3.8) is 0 Å². The zero-order valence-electron chi connectivity index (χ0n) is 21.6. The zero-order valence-corrected chi connectivity index (χ0v) is 21.6. The molecule has 0 radical (unpaired) electrons. The van der Waals surface area contributed by atoms with E-state index in [1.54, 1.807) is 21.3 Å². The van der Waals surface area contributed by atoms with Gasteiger partial charge in [-0.05, 0) is 77.9 Å². The number of hydrazone groups is 1. The molecule has 0 saturated heterocycles. The monoisotopic (exact) mass is 503 g/mol. The fourth-order valence-electron chi connectivity index (χ4n) is 5.18. The number of hydrogen-bond acceptors (Lipinski definition) is 5. The van der Waals surface area contributed by atoms with E-state index < -0.39 is 0 Å². The van der Waals surface area contributed by atoms with E-state index in [0.29, 0.717) is 0 Å². The van der Waals surface area contributed by atoms with Crippen LogP contribution in [0.2, 0.25) is 0 Å². The average molecular weight is 504 g/mol. The Kier molecular flexibility index (Phi) is 6.22. The molecule has 1 N–H and O–H groups in total. The number of H-pyrrole nitrogens is 1. The molecule has 1 aromatic heterocycles. The molecular formula is C32H29N3O3. The molecule has 0 spiro atoms. The predicted octanol–water partition coefficient (Wildman–Crippen LogP) is 7.22. The minimum absolute atomic E-state index is 0.0348.